The Hall–Kier alpha value is -2.78. The molecule has 0 fully saturated rings. The van der Waals surface area contributed by atoms with Gasteiger partial charge in [0.1, 0.15) is 5.82 Å². The first-order valence-electron chi connectivity index (χ1n) is 7.51. The van der Waals surface area contributed by atoms with Gasteiger partial charge in [0.05, 0.1) is 21.8 Å². The number of nitrogens with zero attached hydrogens (tertiary/aromatic N) is 3. The molecule has 1 heterocycles. The molecular formula is C18H14FN3OS. The SMILES string of the molecule is CCCn1c(=NC(=O)c2ccc(C#N)cc2)sc2cccc(F)c21. The minimum absolute atomic E-state index is 0.315. The summed E-state index contributed by atoms with van der Waals surface area (Å²) in [5.74, 6) is -0.722. The fourth-order valence-corrected chi connectivity index (χ4v) is 3.51. The van der Waals surface area contributed by atoms with E-state index in [0.29, 0.717) is 28.0 Å². The molecule has 0 saturated heterocycles. The van der Waals surface area contributed by atoms with Gasteiger partial charge in [-0.25, -0.2) is 4.39 Å². The van der Waals surface area contributed by atoms with Crippen LogP contribution in [-0.4, -0.2) is 10.5 Å². The number of carbonyl (C=O) groups excluding carboxylic acids is 1. The van der Waals surface area contributed by atoms with Crippen molar-refractivity contribution in [2.24, 2.45) is 4.99 Å². The number of para-hydroxylation sites is 1. The number of rotatable bonds is 3. The van der Waals surface area contributed by atoms with E-state index in [1.54, 1.807) is 34.9 Å². The first-order valence-corrected chi connectivity index (χ1v) is 8.32. The molecule has 0 aliphatic rings. The van der Waals surface area contributed by atoms with Crippen molar-refractivity contribution in [3.8, 4) is 6.07 Å². The van der Waals surface area contributed by atoms with E-state index >= 15 is 0 Å². The van der Waals surface area contributed by atoms with E-state index in [1.165, 1.54) is 17.4 Å². The van der Waals surface area contributed by atoms with Gasteiger partial charge in [0.2, 0.25) is 0 Å². The molecule has 1 amide bonds. The molecule has 0 saturated carbocycles. The molecule has 0 unspecified atom stereocenters. The Morgan fingerprint density at radius 1 is 1.29 bits per heavy atom. The monoisotopic (exact) mass is 339 g/mol. The van der Waals surface area contributed by atoms with E-state index in [-0.39, 0.29) is 5.82 Å². The molecule has 0 N–H and O–H groups in total. The van der Waals surface area contributed by atoms with Gasteiger partial charge in [-0.1, -0.05) is 24.3 Å². The third-order valence-corrected chi connectivity index (χ3v) is 4.60. The molecule has 0 radical (unpaired) electrons. The summed E-state index contributed by atoms with van der Waals surface area (Å²) in [6, 6.07) is 13.2. The molecule has 1 aromatic heterocycles. The van der Waals surface area contributed by atoms with Gasteiger partial charge in [-0.2, -0.15) is 10.3 Å². The molecule has 0 aliphatic heterocycles. The highest BCUT2D eigenvalue weighted by Gasteiger charge is 2.12. The maximum absolute atomic E-state index is 14.2. The number of thiazole rings is 1. The Morgan fingerprint density at radius 3 is 2.71 bits per heavy atom. The molecular weight excluding hydrogens is 325 g/mol. The number of aryl methyl sites for hydroxylation is 1. The summed E-state index contributed by atoms with van der Waals surface area (Å²) in [5.41, 5.74) is 1.36. The summed E-state index contributed by atoms with van der Waals surface area (Å²) in [6.07, 6.45) is 0.804. The van der Waals surface area contributed by atoms with Crippen LogP contribution >= 0.6 is 11.3 Å². The predicted molar refractivity (Wildman–Crippen MR) is 91.1 cm³/mol. The third kappa shape index (κ3) is 2.99. The van der Waals surface area contributed by atoms with Crippen LogP contribution in [0.4, 0.5) is 4.39 Å². The molecule has 4 nitrogen and oxygen atoms in total. The van der Waals surface area contributed by atoms with Gasteiger partial charge < -0.3 is 4.57 Å². The van der Waals surface area contributed by atoms with Gasteiger partial charge >= 0.3 is 0 Å². The molecule has 24 heavy (non-hydrogen) atoms. The normalized spacial score (nSPS) is 11.6. The predicted octanol–water partition coefficient (Wildman–Crippen LogP) is 3.86. The Bertz CT molecular complexity index is 1010. The molecule has 2 aromatic carbocycles. The summed E-state index contributed by atoms with van der Waals surface area (Å²) in [4.78, 5) is 17.0. The van der Waals surface area contributed by atoms with Crippen molar-refractivity contribution in [2.75, 3.05) is 0 Å². The number of amides is 1. The van der Waals surface area contributed by atoms with Crippen molar-refractivity contribution in [3.63, 3.8) is 0 Å². The maximum Gasteiger partial charge on any atom is 0.279 e. The van der Waals surface area contributed by atoms with E-state index in [9.17, 15) is 9.18 Å². The van der Waals surface area contributed by atoms with Crippen LogP contribution in [0.3, 0.4) is 0 Å². The molecule has 3 aromatic rings. The van der Waals surface area contributed by atoms with Crippen molar-refractivity contribution < 1.29 is 9.18 Å². The van der Waals surface area contributed by atoms with Crippen molar-refractivity contribution in [1.82, 2.24) is 4.57 Å². The molecule has 0 aliphatic carbocycles. The van der Waals surface area contributed by atoms with Gasteiger partial charge in [-0.05, 0) is 42.8 Å². The van der Waals surface area contributed by atoms with Crippen LogP contribution in [0.25, 0.3) is 10.2 Å². The van der Waals surface area contributed by atoms with Crippen LogP contribution in [0.5, 0.6) is 0 Å². The van der Waals surface area contributed by atoms with Crippen LogP contribution in [0.2, 0.25) is 0 Å². The Balaban J connectivity index is 2.11. The number of halogens is 1. The molecule has 120 valence electrons. The number of carbonyl (C=O) groups is 1. The Kier molecular flexibility index (Phi) is 4.54. The Morgan fingerprint density at radius 2 is 2.04 bits per heavy atom. The highest BCUT2D eigenvalue weighted by atomic mass is 32.1. The standard InChI is InChI=1S/C18H14FN3OS/c1-2-10-22-16-14(19)4-3-5-15(16)24-18(22)21-17(23)13-8-6-12(11-20)7-9-13/h3-9H,2,10H2,1H3. The van der Waals surface area contributed by atoms with Crippen LogP contribution in [0, 0.1) is 17.1 Å². The molecule has 3 rings (SSSR count). The van der Waals surface area contributed by atoms with Gasteiger partial charge in [-0.15, -0.1) is 0 Å². The van der Waals surface area contributed by atoms with Gasteiger partial charge in [-0.3, -0.25) is 4.79 Å². The number of fused-ring (bicyclic) bond motifs is 1. The van der Waals surface area contributed by atoms with E-state index in [2.05, 4.69) is 4.99 Å². The Labute approximate surface area is 142 Å². The lowest BCUT2D eigenvalue weighted by Gasteiger charge is -2.03. The smallest absolute Gasteiger partial charge is 0.279 e. The van der Waals surface area contributed by atoms with Crippen LogP contribution < -0.4 is 4.80 Å². The van der Waals surface area contributed by atoms with Crippen molar-refractivity contribution in [3.05, 3.63) is 64.2 Å². The minimum Gasteiger partial charge on any atom is -0.314 e. The molecule has 0 atom stereocenters. The van der Waals surface area contributed by atoms with Crippen molar-refractivity contribution in [1.29, 1.82) is 5.26 Å². The van der Waals surface area contributed by atoms with Crippen molar-refractivity contribution >= 4 is 27.5 Å². The lowest BCUT2D eigenvalue weighted by atomic mass is 10.1. The second kappa shape index (κ2) is 6.77. The summed E-state index contributed by atoms with van der Waals surface area (Å²) < 4.78 is 16.7. The minimum atomic E-state index is -0.406. The van der Waals surface area contributed by atoms with Crippen LogP contribution in [-0.2, 0) is 6.54 Å². The fraction of sp³-hybridized carbons (Fsp3) is 0.167. The molecule has 6 heteroatoms. The summed E-state index contributed by atoms with van der Waals surface area (Å²) >= 11 is 1.29. The second-order valence-electron chi connectivity index (χ2n) is 5.23. The zero-order valence-electron chi connectivity index (χ0n) is 13.0. The average molecular weight is 339 g/mol. The first kappa shape index (κ1) is 16.1. The quantitative estimate of drug-likeness (QED) is 0.727. The first-order chi connectivity index (χ1) is 11.6. The van der Waals surface area contributed by atoms with E-state index in [0.717, 1.165) is 11.1 Å². The van der Waals surface area contributed by atoms with E-state index in [4.69, 9.17) is 5.26 Å². The number of hydrogen-bond acceptors (Lipinski definition) is 3. The number of hydrogen-bond donors (Lipinski definition) is 0. The molecule has 0 spiro atoms. The van der Waals surface area contributed by atoms with Gasteiger partial charge in [0.25, 0.3) is 5.91 Å². The highest BCUT2D eigenvalue weighted by Crippen LogP contribution is 2.20. The number of nitriles is 1. The van der Waals surface area contributed by atoms with Gasteiger partial charge in [0, 0.05) is 12.1 Å². The third-order valence-electron chi connectivity index (χ3n) is 3.56. The van der Waals surface area contributed by atoms with Crippen molar-refractivity contribution in [2.45, 2.75) is 19.9 Å². The number of aromatic nitrogens is 1. The zero-order chi connectivity index (χ0) is 17.1. The topological polar surface area (TPSA) is 58.1 Å². The van der Waals surface area contributed by atoms with Crippen LogP contribution in [0.15, 0.2) is 47.5 Å². The molecule has 0 bridgehead atoms. The maximum atomic E-state index is 14.2. The lowest BCUT2D eigenvalue weighted by Crippen LogP contribution is -2.17. The summed E-state index contributed by atoms with van der Waals surface area (Å²) in [6.45, 7) is 2.57. The average Bonchev–Trinajstić information content (AvgIpc) is 2.94. The summed E-state index contributed by atoms with van der Waals surface area (Å²) in [7, 11) is 0. The van der Waals surface area contributed by atoms with Gasteiger partial charge in [0.15, 0.2) is 4.80 Å². The fourth-order valence-electron chi connectivity index (χ4n) is 2.44. The van der Waals surface area contributed by atoms with E-state index in [1.807, 2.05) is 19.1 Å². The summed E-state index contributed by atoms with van der Waals surface area (Å²) in [5, 5.41) is 8.81. The number of benzene rings is 2. The zero-order valence-corrected chi connectivity index (χ0v) is 13.8. The van der Waals surface area contributed by atoms with E-state index < -0.39 is 5.91 Å². The van der Waals surface area contributed by atoms with Crippen LogP contribution in [0.1, 0.15) is 29.3 Å². The second-order valence-corrected chi connectivity index (χ2v) is 6.24. The largest absolute Gasteiger partial charge is 0.314 e. The highest BCUT2D eigenvalue weighted by molar-refractivity contribution is 7.16. The lowest BCUT2D eigenvalue weighted by molar-refractivity contribution is 0.0998.